The van der Waals surface area contributed by atoms with Crippen LogP contribution in [0.25, 0.3) is 11.3 Å². The van der Waals surface area contributed by atoms with Crippen LogP contribution >= 0.6 is 23.2 Å². The summed E-state index contributed by atoms with van der Waals surface area (Å²) in [6, 6.07) is 7.46. The van der Waals surface area contributed by atoms with Crippen molar-refractivity contribution in [3.05, 3.63) is 40.0 Å². The van der Waals surface area contributed by atoms with Gasteiger partial charge in [-0.05, 0) is 71.4 Å². The van der Waals surface area contributed by atoms with Crippen LogP contribution in [-0.2, 0) is 22.0 Å². The van der Waals surface area contributed by atoms with Crippen LogP contribution in [0.4, 0.5) is 4.79 Å². The van der Waals surface area contributed by atoms with Crippen molar-refractivity contribution in [3.63, 3.8) is 0 Å². The monoisotopic (exact) mass is 599 g/mol. The first-order valence-electron chi connectivity index (χ1n) is 13.6. The molecule has 9 nitrogen and oxygen atoms in total. The number of carbonyl (C=O) groups is 1. The summed E-state index contributed by atoms with van der Waals surface area (Å²) in [6.07, 6.45) is 4.41. The number of likely N-dealkylation sites (tertiary alicyclic amines) is 1. The molecule has 2 aliphatic rings. The minimum atomic E-state index is -3.62. The zero-order valence-corrected chi connectivity index (χ0v) is 25.4. The predicted octanol–water partition coefficient (Wildman–Crippen LogP) is 5.59. The molecule has 0 saturated carbocycles. The number of halogens is 2. The largest absolute Gasteiger partial charge is 0.444 e. The summed E-state index contributed by atoms with van der Waals surface area (Å²) >= 11 is 12.6. The number of rotatable bonds is 7. The second-order valence-electron chi connectivity index (χ2n) is 11.4. The van der Waals surface area contributed by atoms with Crippen LogP contribution < -0.4 is 4.72 Å². The Morgan fingerprint density at radius 3 is 2.54 bits per heavy atom. The van der Waals surface area contributed by atoms with Crippen molar-refractivity contribution in [2.75, 3.05) is 26.2 Å². The Morgan fingerprint density at radius 1 is 1.13 bits per heavy atom. The highest BCUT2D eigenvalue weighted by molar-refractivity contribution is 7.87. The summed E-state index contributed by atoms with van der Waals surface area (Å²) in [6.45, 7) is 7.31. The topological polar surface area (TPSA) is 96.8 Å². The second-order valence-corrected chi connectivity index (χ2v) is 13.9. The van der Waals surface area contributed by atoms with Gasteiger partial charge in [-0.25, -0.2) is 9.52 Å². The van der Waals surface area contributed by atoms with Gasteiger partial charge in [0.2, 0.25) is 0 Å². The molecule has 0 aliphatic carbocycles. The quantitative estimate of drug-likeness (QED) is 0.447. The van der Waals surface area contributed by atoms with Crippen LogP contribution in [0.2, 0.25) is 10.0 Å². The Kier molecular flexibility index (Phi) is 9.53. The minimum absolute atomic E-state index is 0.0333. The van der Waals surface area contributed by atoms with Crippen LogP contribution in [0.15, 0.2) is 24.3 Å². The molecule has 1 atom stereocenters. The van der Waals surface area contributed by atoms with Crippen molar-refractivity contribution in [1.29, 1.82) is 0 Å². The number of nitrogens with one attached hydrogen (secondary N) is 1. The molecule has 4 rings (SSSR count). The maximum absolute atomic E-state index is 13.1. The van der Waals surface area contributed by atoms with E-state index in [-0.39, 0.29) is 24.6 Å². The Bertz CT molecular complexity index is 1270. The Labute approximate surface area is 242 Å². The van der Waals surface area contributed by atoms with Gasteiger partial charge in [-0.3, -0.25) is 4.68 Å². The lowest BCUT2D eigenvalue weighted by atomic mass is 9.94. The summed E-state index contributed by atoms with van der Waals surface area (Å²) in [5.74, 6) is 0.185. The fourth-order valence-electron chi connectivity index (χ4n) is 5.40. The van der Waals surface area contributed by atoms with E-state index >= 15 is 0 Å². The van der Waals surface area contributed by atoms with E-state index in [9.17, 15) is 13.2 Å². The first-order valence-corrected chi connectivity index (χ1v) is 15.8. The summed E-state index contributed by atoms with van der Waals surface area (Å²) < 4.78 is 37.8. The van der Waals surface area contributed by atoms with Gasteiger partial charge in [0.15, 0.2) is 0 Å². The molecule has 12 heteroatoms. The van der Waals surface area contributed by atoms with E-state index in [0.717, 1.165) is 36.2 Å². The van der Waals surface area contributed by atoms with Crippen LogP contribution in [-0.4, -0.2) is 71.3 Å². The number of piperidine rings is 2. The molecule has 0 bridgehead atoms. The first-order chi connectivity index (χ1) is 18.4. The van der Waals surface area contributed by atoms with Crippen LogP contribution in [0.1, 0.15) is 70.9 Å². The van der Waals surface area contributed by atoms with Gasteiger partial charge in [-0.2, -0.15) is 17.8 Å². The number of hydrogen-bond acceptors (Lipinski definition) is 5. The summed E-state index contributed by atoms with van der Waals surface area (Å²) in [4.78, 5) is 14.4. The molecule has 1 amide bonds. The molecule has 1 aromatic heterocycles. The van der Waals surface area contributed by atoms with Crippen molar-refractivity contribution < 1.29 is 17.9 Å². The van der Waals surface area contributed by atoms with Gasteiger partial charge in [-0.1, -0.05) is 35.3 Å². The molecule has 2 aromatic rings. The molecular weight excluding hydrogens is 561 g/mol. The smallest absolute Gasteiger partial charge is 0.410 e. The molecule has 216 valence electrons. The van der Waals surface area contributed by atoms with E-state index in [1.165, 1.54) is 4.31 Å². The fourth-order valence-corrected chi connectivity index (χ4v) is 7.04. The highest BCUT2D eigenvalue weighted by atomic mass is 35.5. The van der Waals surface area contributed by atoms with Gasteiger partial charge in [0.25, 0.3) is 10.2 Å². The third kappa shape index (κ3) is 7.47. The maximum Gasteiger partial charge on any atom is 0.410 e. The number of aryl methyl sites for hydroxylation is 1. The third-order valence-corrected chi connectivity index (χ3v) is 9.81. The molecule has 1 unspecified atom stereocenters. The minimum Gasteiger partial charge on any atom is -0.444 e. The first kappa shape index (κ1) is 30.1. The maximum atomic E-state index is 13.1. The Balaban J connectivity index is 1.31. The van der Waals surface area contributed by atoms with Gasteiger partial charge in [0.05, 0.1) is 15.7 Å². The van der Waals surface area contributed by atoms with E-state index in [0.29, 0.717) is 48.9 Å². The number of hydrogen-bond donors (Lipinski definition) is 1. The average molecular weight is 601 g/mol. The van der Waals surface area contributed by atoms with Crippen molar-refractivity contribution in [3.8, 4) is 11.3 Å². The highest BCUT2D eigenvalue weighted by Crippen LogP contribution is 2.36. The molecule has 3 heterocycles. The van der Waals surface area contributed by atoms with E-state index in [4.69, 9.17) is 27.9 Å². The summed E-state index contributed by atoms with van der Waals surface area (Å²) in [7, 11) is -1.72. The molecular formula is C27H39Cl2N5O4S. The van der Waals surface area contributed by atoms with E-state index in [1.807, 2.05) is 50.7 Å². The number of ether oxygens (including phenoxy) is 1. The number of benzene rings is 1. The highest BCUT2D eigenvalue weighted by Gasteiger charge is 2.33. The Morgan fingerprint density at radius 2 is 1.85 bits per heavy atom. The van der Waals surface area contributed by atoms with Gasteiger partial charge in [-0.15, -0.1) is 0 Å². The SMILES string of the molecule is Cn1nc(-c2cccc(Cl)c2Cl)cc1C1CCN(S(=O)(=O)NCCC2CCCCN2C(=O)OC(C)(C)C)CC1. The number of aromatic nitrogens is 2. The second kappa shape index (κ2) is 12.3. The van der Waals surface area contributed by atoms with Crippen molar-refractivity contribution >= 4 is 39.5 Å². The van der Waals surface area contributed by atoms with Gasteiger partial charge in [0.1, 0.15) is 5.60 Å². The lowest BCUT2D eigenvalue weighted by Gasteiger charge is -2.37. The molecule has 1 N–H and O–H groups in total. The number of amides is 1. The summed E-state index contributed by atoms with van der Waals surface area (Å²) in [5.41, 5.74) is 2.01. The number of nitrogens with zero attached hydrogens (tertiary/aromatic N) is 4. The van der Waals surface area contributed by atoms with Gasteiger partial charge in [0, 0.05) is 56.4 Å². The molecule has 0 radical (unpaired) electrons. The standard InChI is InChI=1S/C27H39Cl2N5O4S/c1-27(2,3)38-26(35)34-15-6-5-8-20(34)11-14-30-39(36,37)33-16-12-19(13-17-33)24-18-23(31-32(24)4)21-9-7-10-22(28)25(21)29/h7,9-10,18-20,30H,5-6,8,11-17H2,1-4H3. The molecule has 2 saturated heterocycles. The van der Waals surface area contributed by atoms with Crippen LogP contribution in [0.5, 0.6) is 0 Å². The average Bonchev–Trinajstić information content (AvgIpc) is 3.26. The molecule has 2 fully saturated rings. The summed E-state index contributed by atoms with van der Waals surface area (Å²) in [5, 5.41) is 5.59. The van der Waals surface area contributed by atoms with Crippen molar-refractivity contribution in [1.82, 2.24) is 23.7 Å². The predicted molar refractivity (Wildman–Crippen MR) is 154 cm³/mol. The van der Waals surface area contributed by atoms with Gasteiger partial charge >= 0.3 is 6.09 Å². The van der Waals surface area contributed by atoms with Crippen molar-refractivity contribution in [2.45, 2.75) is 76.9 Å². The van der Waals surface area contributed by atoms with E-state index < -0.39 is 15.8 Å². The zero-order chi connectivity index (χ0) is 28.4. The molecule has 0 spiro atoms. The molecule has 2 aliphatic heterocycles. The van der Waals surface area contributed by atoms with E-state index in [1.54, 1.807) is 11.0 Å². The fraction of sp³-hybridized carbons (Fsp3) is 0.630. The van der Waals surface area contributed by atoms with Gasteiger partial charge < -0.3 is 9.64 Å². The van der Waals surface area contributed by atoms with Crippen LogP contribution in [0.3, 0.4) is 0 Å². The lowest BCUT2D eigenvalue weighted by molar-refractivity contribution is 0.00909. The third-order valence-electron chi connectivity index (χ3n) is 7.37. The van der Waals surface area contributed by atoms with Crippen LogP contribution in [0, 0.1) is 0 Å². The van der Waals surface area contributed by atoms with E-state index in [2.05, 4.69) is 9.82 Å². The molecule has 1 aromatic carbocycles. The number of carbonyl (C=O) groups excluding carboxylic acids is 1. The lowest BCUT2D eigenvalue weighted by Crippen LogP contribution is -2.49. The zero-order valence-electron chi connectivity index (χ0n) is 23.1. The molecule has 39 heavy (non-hydrogen) atoms. The Hall–Kier alpha value is -1.85. The van der Waals surface area contributed by atoms with Crippen molar-refractivity contribution in [2.24, 2.45) is 7.05 Å². The normalized spacial score (nSPS) is 19.8.